The van der Waals surface area contributed by atoms with Crippen LogP contribution in [-0.2, 0) is 16.0 Å². The van der Waals surface area contributed by atoms with Crippen molar-refractivity contribution in [2.45, 2.75) is 39.0 Å². The van der Waals surface area contributed by atoms with E-state index >= 15 is 0 Å². The fourth-order valence-corrected chi connectivity index (χ4v) is 3.21. The number of piperidine rings is 1. The molecule has 6 nitrogen and oxygen atoms in total. The van der Waals surface area contributed by atoms with Crippen LogP contribution in [0.15, 0.2) is 24.3 Å². The summed E-state index contributed by atoms with van der Waals surface area (Å²) in [5, 5.41) is 11.9. The van der Waals surface area contributed by atoms with E-state index in [0.29, 0.717) is 31.0 Å². The van der Waals surface area contributed by atoms with Gasteiger partial charge in [-0.05, 0) is 43.2 Å². The molecule has 0 unspecified atom stereocenters. The van der Waals surface area contributed by atoms with Gasteiger partial charge in [-0.2, -0.15) is 0 Å². The minimum Gasteiger partial charge on any atom is -0.478 e. The molecule has 1 heterocycles. The third-order valence-corrected chi connectivity index (χ3v) is 4.64. The van der Waals surface area contributed by atoms with E-state index in [1.54, 1.807) is 17.0 Å². The van der Waals surface area contributed by atoms with E-state index in [1.807, 2.05) is 19.1 Å². The molecule has 0 saturated carbocycles. The summed E-state index contributed by atoms with van der Waals surface area (Å²) in [7, 11) is 0. The van der Waals surface area contributed by atoms with Crippen LogP contribution in [0.1, 0.15) is 48.5 Å². The summed E-state index contributed by atoms with van der Waals surface area (Å²) >= 11 is 0. The molecule has 2 N–H and O–H groups in total. The minimum absolute atomic E-state index is 0.0474. The highest BCUT2D eigenvalue weighted by Crippen LogP contribution is 2.23. The summed E-state index contributed by atoms with van der Waals surface area (Å²) in [6.45, 7) is 3.30. The van der Waals surface area contributed by atoms with E-state index in [1.165, 1.54) is 0 Å². The zero-order chi connectivity index (χ0) is 18.2. The number of carboxylic acids is 1. The highest BCUT2D eigenvalue weighted by molar-refractivity contribution is 5.89. The van der Waals surface area contributed by atoms with Crippen LogP contribution in [0.4, 0.5) is 0 Å². The number of hydrogen-bond acceptors (Lipinski definition) is 3. The van der Waals surface area contributed by atoms with E-state index in [9.17, 15) is 19.5 Å². The molecule has 1 aromatic rings. The van der Waals surface area contributed by atoms with Crippen molar-refractivity contribution in [1.82, 2.24) is 10.2 Å². The number of nitrogens with one attached hydrogen (secondary N) is 1. The molecule has 25 heavy (non-hydrogen) atoms. The first-order valence-corrected chi connectivity index (χ1v) is 8.87. The Kier molecular flexibility index (Phi) is 6.98. The number of nitrogens with zero attached hydrogens (tertiary/aromatic N) is 1. The van der Waals surface area contributed by atoms with Gasteiger partial charge in [0.25, 0.3) is 0 Å². The van der Waals surface area contributed by atoms with Crippen molar-refractivity contribution in [3.8, 4) is 0 Å². The van der Waals surface area contributed by atoms with Crippen LogP contribution in [0, 0.1) is 5.92 Å². The van der Waals surface area contributed by atoms with Gasteiger partial charge in [0.05, 0.1) is 12.1 Å². The standard InChI is InChI=1S/C19H26N2O4/c1-2-5-17(22)20-13-18(23)21-10-8-14(9-11-21)12-15-6-3-4-7-16(15)19(24)25/h3-4,6-7,14H,2,5,8-13H2,1H3,(H,20,22)(H,24,25). The Morgan fingerprint density at radius 1 is 1.20 bits per heavy atom. The minimum atomic E-state index is -0.897. The highest BCUT2D eigenvalue weighted by atomic mass is 16.4. The van der Waals surface area contributed by atoms with Crippen molar-refractivity contribution in [2.24, 2.45) is 5.92 Å². The van der Waals surface area contributed by atoms with Crippen LogP contribution in [0.5, 0.6) is 0 Å². The zero-order valence-corrected chi connectivity index (χ0v) is 14.7. The summed E-state index contributed by atoms with van der Waals surface area (Å²) in [6.07, 6.45) is 3.63. The number of aromatic carboxylic acids is 1. The molecule has 2 rings (SSSR count). The number of carbonyl (C=O) groups is 3. The van der Waals surface area contributed by atoms with E-state index in [2.05, 4.69) is 5.32 Å². The summed E-state index contributed by atoms with van der Waals surface area (Å²) < 4.78 is 0. The van der Waals surface area contributed by atoms with Crippen LogP contribution in [0.2, 0.25) is 0 Å². The molecule has 1 aliphatic rings. The summed E-state index contributed by atoms with van der Waals surface area (Å²) in [5.41, 5.74) is 1.21. The van der Waals surface area contributed by atoms with Gasteiger partial charge in [-0.1, -0.05) is 25.1 Å². The first kappa shape index (κ1) is 19.0. The molecule has 0 aromatic heterocycles. The van der Waals surface area contributed by atoms with Gasteiger partial charge >= 0.3 is 5.97 Å². The van der Waals surface area contributed by atoms with E-state index in [0.717, 1.165) is 31.2 Å². The van der Waals surface area contributed by atoms with Gasteiger partial charge in [0.2, 0.25) is 11.8 Å². The maximum absolute atomic E-state index is 12.1. The van der Waals surface area contributed by atoms with Crippen LogP contribution >= 0.6 is 0 Å². The van der Waals surface area contributed by atoms with Gasteiger partial charge in [-0.15, -0.1) is 0 Å². The number of carboxylic acid groups (broad SMARTS) is 1. The van der Waals surface area contributed by atoms with Crippen molar-refractivity contribution >= 4 is 17.8 Å². The van der Waals surface area contributed by atoms with Crippen LogP contribution in [0.25, 0.3) is 0 Å². The molecular weight excluding hydrogens is 320 g/mol. The van der Waals surface area contributed by atoms with E-state index < -0.39 is 5.97 Å². The van der Waals surface area contributed by atoms with Gasteiger partial charge in [-0.3, -0.25) is 9.59 Å². The van der Waals surface area contributed by atoms with Crippen LogP contribution in [0.3, 0.4) is 0 Å². The Hall–Kier alpha value is -2.37. The molecule has 0 atom stereocenters. The predicted molar refractivity (Wildman–Crippen MR) is 94.3 cm³/mol. The third kappa shape index (κ3) is 5.59. The number of benzene rings is 1. The fourth-order valence-electron chi connectivity index (χ4n) is 3.21. The lowest BCUT2D eigenvalue weighted by atomic mass is 9.88. The molecule has 1 saturated heterocycles. The van der Waals surface area contributed by atoms with Crippen molar-refractivity contribution in [1.29, 1.82) is 0 Å². The SMILES string of the molecule is CCCC(=O)NCC(=O)N1CCC(Cc2ccccc2C(=O)O)CC1. The molecule has 6 heteroatoms. The van der Waals surface area contributed by atoms with Crippen LogP contribution in [-0.4, -0.2) is 47.4 Å². The van der Waals surface area contributed by atoms with Gasteiger partial charge in [-0.25, -0.2) is 4.79 Å². The highest BCUT2D eigenvalue weighted by Gasteiger charge is 2.24. The van der Waals surface area contributed by atoms with Crippen molar-refractivity contribution < 1.29 is 19.5 Å². The lowest BCUT2D eigenvalue weighted by Gasteiger charge is -2.32. The molecule has 1 aliphatic heterocycles. The Bertz CT molecular complexity index is 622. The number of amides is 2. The number of likely N-dealkylation sites (tertiary alicyclic amines) is 1. The largest absolute Gasteiger partial charge is 0.478 e. The molecule has 0 aliphatic carbocycles. The van der Waals surface area contributed by atoms with Crippen molar-refractivity contribution in [3.63, 3.8) is 0 Å². The Morgan fingerprint density at radius 2 is 1.88 bits per heavy atom. The molecule has 2 amide bonds. The maximum atomic E-state index is 12.1. The average Bonchev–Trinajstić information content (AvgIpc) is 2.61. The molecule has 136 valence electrons. The van der Waals surface area contributed by atoms with E-state index in [-0.39, 0.29) is 18.4 Å². The zero-order valence-electron chi connectivity index (χ0n) is 14.7. The van der Waals surface area contributed by atoms with Gasteiger partial charge in [0.1, 0.15) is 0 Å². The third-order valence-electron chi connectivity index (χ3n) is 4.64. The number of carbonyl (C=O) groups excluding carboxylic acids is 2. The van der Waals surface area contributed by atoms with Gasteiger partial charge in [0.15, 0.2) is 0 Å². The number of hydrogen-bond donors (Lipinski definition) is 2. The normalized spacial score (nSPS) is 15.0. The Labute approximate surface area is 148 Å². The smallest absolute Gasteiger partial charge is 0.335 e. The maximum Gasteiger partial charge on any atom is 0.335 e. The first-order valence-electron chi connectivity index (χ1n) is 8.87. The topological polar surface area (TPSA) is 86.7 Å². The van der Waals surface area contributed by atoms with Crippen molar-refractivity contribution in [3.05, 3.63) is 35.4 Å². The fraction of sp³-hybridized carbons (Fsp3) is 0.526. The summed E-state index contributed by atoms with van der Waals surface area (Å²) in [4.78, 5) is 36.7. The lowest BCUT2D eigenvalue weighted by molar-refractivity contribution is -0.134. The first-order chi connectivity index (χ1) is 12.0. The second-order valence-corrected chi connectivity index (χ2v) is 6.52. The monoisotopic (exact) mass is 346 g/mol. The van der Waals surface area contributed by atoms with E-state index in [4.69, 9.17) is 0 Å². The molecule has 0 spiro atoms. The summed E-state index contributed by atoms with van der Waals surface area (Å²) in [6, 6.07) is 7.10. The quantitative estimate of drug-likeness (QED) is 0.791. The molecule has 0 radical (unpaired) electrons. The second-order valence-electron chi connectivity index (χ2n) is 6.52. The molecule has 1 fully saturated rings. The average molecular weight is 346 g/mol. The molecular formula is C19H26N2O4. The lowest BCUT2D eigenvalue weighted by Crippen LogP contribution is -2.44. The number of rotatable bonds is 7. The Balaban J connectivity index is 1.81. The molecule has 0 bridgehead atoms. The molecule has 1 aromatic carbocycles. The second kappa shape index (κ2) is 9.20. The predicted octanol–water partition coefficient (Wildman–Crippen LogP) is 2.08. The van der Waals surface area contributed by atoms with Gasteiger partial charge < -0.3 is 15.3 Å². The van der Waals surface area contributed by atoms with Crippen LogP contribution < -0.4 is 5.32 Å². The van der Waals surface area contributed by atoms with Crippen molar-refractivity contribution in [2.75, 3.05) is 19.6 Å². The summed E-state index contributed by atoms with van der Waals surface area (Å²) in [5.74, 6) is -0.657. The van der Waals surface area contributed by atoms with Gasteiger partial charge in [0, 0.05) is 19.5 Å². The Morgan fingerprint density at radius 3 is 2.52 bits per heavy atom.